The van der Waals surface area contributed by atoms with Gasteiger partial charge in [0.25, 0.3) is 5.91 Å². The lowest BCUT2D eigenvalue weighted by Crippen LogP contribution is -2.49. The van der Waals surface area contributed by atoms with Crippen LogP contribution in [0.2, 0.25) is 0 Å². The van der Waals surface area contributed by atoms with E-state index < -0.39 is 0 Å². The third-order valence-corrected chi connectivity index (χ3v) is 4.86. The molecule has 1 amide bonds. The van der Waals surface area contributed by atoms with Gasteiger partial charge in [0.1, 0.15) is 5.82 Å². The van der Waals surface area contributed by atoms with Crippen LogP contribution in [0.15, 0.2) is 36.5 Å². The first-order valence-corrected chi connectivity index (χ1v) is 8.85. The second-order valence-electron chi connectivity index (χ2n) is 5.94. The highest BCUT2D eigenvalue weighted by Gasteiger charge is 2.23. The Morgan fingerprint density at radius 1 is 1.09 bits per heavy atom. The van der Waals surface area contributed by atoms with E-state index in [4.69, 9.17) is 0 Å². The van der Waals surface area contributed by atoms with Crippen molar-refractivity contribution in [2.24, 2.45) is 0 Å². The molecule has 1 aromatic heterocycles. The molecule has 120 valence electrons. The van der Waals surface area contributed by atoms with Gasteiger partial charge in [-0.15, -0.1) is 0 Å². The van der Waals surface area contributed by atoms with E-state index in [1.54, 1.807) is 0 Å². The van der Waals surface area contributed by atoms with Gasteiger partial charge in [0.15, 0.2) is 0 Å². The number of aromatic nitrogens is 1. The van der Waals surface area contributed by atoms with Crippen LogP contribution in [-0.4, -0.2) is 42.0 Å². The number of halogens is 1. The number of nitrogens with zero attached hydrogens (tertiary/aromatic N) is 3. The van der Waals surface area contributed by atoms with Crippen molar-refractivity contribution in [3.05, 3.63) is 56.8 Å². The minimum atomic E-state index is 0.120. The molecule has 1 fully saturated rings. The van der Waals surface area contributed by atoms with Gasteiger partial charge >= 0.3 is 0 Å². The van der Waals surface area contributed by atoms with Gasteiger partial charge < -0.3 is 9.80 Å². The summed E-state index contributed by atoms with van der Waals surface area (Å²) in [5, 5.41) is 0. The van der Waals surface area contributed by atoms with Crippen LogP contribution in [-0.2, 0) is 0 Å². The summed E-state index contributed by atoms with van der Waals surface area (Å²) in [5.41, 5.74) is 3.14. The number of carbonyl (C=O) groups excluding carboxylic acids is 1. The molecular formula is C18H20IN3O. The van der Waals surface area contributed by atoms with E-state index >= 15 is 0 Å². The molecule has 23 heavy (non-hydrogen) atoms. The third-order valence-electron chi connectivity index (χ3n) is 4.14. The van der Waals surface area contributed by atoms with Crippen molar-refractivity contribution < 1.29 is 4.79 Å². The van der Waals surface area contributed by atoms with Gasteiger partial charge in [-0.05, 0) is 71.8 Å². The third kappa shape index (κ3) is 3.65. The normalized spacial score (nSPS) is 14.9. The van der Waals surface area contributed by atoms with Crippen LogP contribution in [0.3, 0.4) is 0 Å². The summed E-state index contributed by atoms with van der Waals surface area (Å²) in [5.74, 6) is 1.16. The number of benzene rings is 1. The lowest BCUT2D eigenvalue weighted by Gasteiger charge is -2.36. The Morgan fingerprint density at radius 3 is 2.35 bits per heavy atom. The van der Waals surface area contributed by atoms with E-state index in [-0.39, 0.29) is 5.91 Å². The Bertz CT molecular complexity index is 707. The molecular weight excluding hydrogens is 401 g/mol. The summed E-state index contributed by atoms with van der Waals surface area (Å²) in [7, 11) is 0. The predicted octanol–water partition coefficient (Wildman–Crippen LogP) is 3.27. The SMILES string of the molecule is Cc1cnc(N2CCN(C(=O)c3ccc(I)cc3)CC2)c(C)c1. The van der Waals surface area contributed by atoms with Gasteiger partial charge in [-0.25, -0.2) is 4.98 Å². The number of rotatable bonds is 2. The van der Waals surface area contributed by atoms with Crippen LogP contribution in [0.4, 0.5) is 5.82 Å². The Morgan fingerprint density at radius 2 is 1.74 bits per heavy atom. The van der Waals surface area contributed by atoms with Gasteiger partial charge in [0.05, 0.1) is 0 Å². The number of amides is 1. The summed E-state index contributed by atoms with van der Waals surface area (Å²) in [6.07, 6.45) is 1.91. The molecule has 3 rings (SSSR count). The Balaban J connectivity index is 1.66. The van der Waals surface area contributed by atoms with Crippen molar-refractivity contribution in [3.8, 4) is 0 Å². The molecule has 2 heterocycles. The number of hydrogen-bond donors (Lipinski definition) is 0. The molecule has 4 nitrogen and oxygen atoms in total. The van der Waals surface area contributed by atoms with Crippen molar-refractivity contribution in [2.45, 2.75) is 13.8 Å². The van der Waals surface area contributed by atoms with Crippen molar-refractivity contribution in [2.75, 3.05) is 31.1 Å². The quantitative estimate of drug-likeness (QED) is 0.699. The first-order valence-electron chi connectivity index (χ1n) is 7.77. The molecule has 0 unspecified atom stereocenters. The van der Waals surface area contributed by atoms with Gasteiger partial charge in [0.2, 0.25) is 0 Å². The molecule has 0 N–H and O–H groups in total. The first-order chi connectivity index (χ1) is 11.0. The number of pyridine rings is 1. The zero-order valence-corrected chi connectivity index (χ0v) is 15.6. The van der Waals surface area contributed by atoms with Crippen molar-refractivity contribution >= 4 is 34.3 Å². The average Bonchev–Trinajstić information content (AvgIpc) is 2.55. The first kappa shape index (κ1) is 16.2. The molecule has 1 aliphatic rings. The number of anilines is 1. The summed E-state index contributed by atoms with van der Waals surface area (Å²) in [4.78, 5) is 21.3. The molecule has 1 saturated heterocycles. The number of piperazine rings is 1. The number of aryl methyl sites for hydroxylation is 2. The molecule has 0 spiro atoms. The van der Waals surface area contributed by atoms with Crippen molar-refractivity contribution in [1.29, 1.82) is 0 Å². The van der Waals surface area contributed by atoms with E-state index in [0.717, 1.165) is 41.1 Å². The van der Waals surface area contributed by atoms with E-state index in [0.29, 0.717) is 0 Å². The van der Waals surface area contributed by atoms with E-state index in [9.17, 15) is 4.79 Å². The predicted molar refractivity (Wildman–Crippen MR) is 101 cm³/mol. The highest BCUT2D eigenvalue weighted by atomic mass is 127. The minimum absolute atomic E-state index is 0.120. The zero-order valence-electron chi connectivity index (χ0n) is 13.4. The summed E-state index contributed by atoms with van der Waals surface area (Å²) in [6.45, 7) is 7.28. The topological polar surface area (TPSA) is 36.4 Å². The maximum Gasteiger partial charge on any atom is 0.253 e. The molecule has 0 atom stereocenters. The van der Waals surface area contributed by atoms with Gasteiger partial charge in [0, 0.05) is 41.5 Å². The van der Waals surface area contributed by atoms with Crippen LogP contribution in [0.5, 0.6) is 0 Å². The fourth-order valence-electron chi connectivity index (χ4n) is 2.94. The second kappa shape index (κ2) is 6.86. The standard InChI is InChI=1S/C18H20IN3O/c1-13-11-14(2)17(20-12-13)21-7-9-22(10-8-21)18(23)15-3-5-16(19)6-4-15/h3-6,11-12H,7-10H2,1-2H3. The van der Waals surface area contributed by atoms with Crippen LogP contribution >= 0.6 is 22.6 Å². The van der Waals surface area contributed by atoms with Crippen molar-refractivity contribution in [3.63, 3.8) is 0 Å². The fraction of sp³-hybridized carbons (Fsp3) is 0.333. The minimum Gasteiger partial charge on any atom is -0.353 e. The molecule has 0 aliphatic carbocycles. The molecule has 0 radical (unpaired) electrons. The van der Waals surface area contributed by atoms with E-state index in [1.165, 1.54) is 11.1 Å². The number of carbonyl (C=O) groups is 1. The van der Waals surface area contributed by atoms with Gasteiger partial charge in [-0.2, -0.15) is 0 Å². The Kier molecular flexibility index (Phi) is 4.84. The fourth-order valence-corrected chi connectivity index (χ4v) is 3.30. The largest absolute Gasteiger partial charge is 0.353 e. The number of hydrogen-bond acceptors (Lipinski definition) is 3. The summed E-state index contributed by atoms with van der Waals surface area (Å²) < 4.78 is 1.14. The van der Waals surface area contributed by atoms with E-state index in [1.807, 2.05) is 35.4 Å². The van der Waals surface area contributed by atoms with Gasteiger partial charge in [-0.1, -0.05) is 6.07 Å². The molecule has 2 aromatic rings. The molecule has 5 heteroatoms. The van der Waals surface area contributed by atoms with E-state index in [2.05, 4.69) is 52.4 Å². The lowest BCUT2D eigenvalue weighted by atomic mass is 10.1. The molecule has 0 bridgehead atoms. The Labute approximate surface area is 150 Å². The van der Waals surface area contributed by atoms with Gasteiger partial charge in [-0.3, -0.25) is 4.79 Å². The monoisotopic (exact) mass is 421 g/mol. The molecule has 0 saturated carbocycles. The van der Waals surface area contributed by atoms with Crippen LogP contribution in [0.25, 0.3) is 0 Å². The lowest BCUT2D eigenvalue weighted by molar-refractivity contribution is 0.0746. The molecule has 1 aliphatic heterocycles. The maximum atomic E-state index is 12.6. The highest BCUT2D eigenvalue weighted by molar-refractivity contribution is 14.1. The summed E-state index contributed by atoms with van der Waals surface area (Å²) in [6, 6.07) is 9.92. The van der Waals surface area contributed by atoms with Crippen LogP contribution in [0.1, 0.15) is 21.5 Å². The second-order valence-corrected chi connectivity index (χ2v) is 7.18. The average molecular weight is 421 g/mol. The smallest absolute Gasteiger partial charge is 0.253 e. The van der Waals surface area contributed by atoms with Crippen LogP contribution < -0.4 is 4.90 Å². The zero-order chi connectivity index (χ0) is 16.4. The Hall–Kier alpha value is -1.63. The maximum absolute atomic E-state index is 12.6. The molecule has 1 aromatic carbocycles. The highest BCUT2D eigenvalue weighted by Crippen LogP contribution is 2.20. The van der Waals surface area contributed by atoms with Crippen LogP contribution in [0, 0.1) is 17.4 Å². The summed E-state index contributed by atoms with van der Waals surface area (Å²) >= 11 is 2.25. The van der Waals surface area contributed by atoms with Crippen molar-refractivity contribution in [1.82, 2.24) is 9.88 Å².